The van der Waals surface area contributed by atoms with Gasteiger partial charge in [-0.1, -0.05) is 17.7 Å². The van der Waals surface area contributed by atoms with Crippen LogP contribution in [-0.4, -0.2) is 17.9 Å². The van der Waals surface area contributed by atoms with Crippen LogP contribution in [0.15, 0.2) is 12.1 Å². The molecule has 0 saturated carbocycles. The predicted octanol–water partition coefficient (Wildman–Crippen LogP) is 2.68. The van der Waals surface area contributed by atoms with E-state index < -0.39 is 11.8 Å². The van der Waals surface area contributed by atoms with Gasteiger partial charge in [-0.3, -0.25) is 4.79 Å². The van der Waals surface area contributed by atoms with Crippen molar-refractivity contribution in [3.05, 3.63) is 34.4 Å². The number of aryl methyl sites for hydroxylation is 3. The molecule has 0 aromatic heterocycles. The van der Waals surface area contributed by atoms with Crippen molar-refractivity contribution < 1.29 is 14.3 Å². The number of ether oxygens (including phenoxy) is 1. The molecule has 0 aliphatic heterocycles. The van der Waals surface area contributed by atoms with E-state index in [1.54, 1.807) is 13.8 Å². The summed E-state index contributed by atoms with van der Waals surface area (Å²) in [5, 5.41) is 0. The highest BCUT2D eigenvalue weighted by atomic mass is 16.5. The second-order valence-corrected chi connectivity index (χ2v) is 4.93. The van der Waals surface area contributed by atoms with Gasteiger partial charge in [0.2, 0.25) is 5.78 Å². The van der Waals surface area contributed by atoms with E-state index in [9.17, 15) is 9.59 Å². The van der Waals surface area contributed by atoms with Gasteiger partial charge in [-0.05, 0) is 51.3 Å². The van der Waals surface area contributed by atoms with Crippen LogP contribution in [0.2, 0.25) is 0 Å². The van der Waals surface area contributed by atoms with Crippen LogP contribution < -0.4 is 0 Å². The summed E-state index contributed by atoms with van der Waals surface area (Å²) in [4.78, 5) is 23.2. The molecule has 3 heteroatoms. The quantitative estimate of drug-likeness (QED) is 0.607. The van der Waals surface area contributed by atoms with Crippen LogP contribution in [0.4, 0.5) is 0 Å². The van der Waals surface area contributed by atoms with Gasteiger partial charge in [0.1, 0.15) is 0 Å². The van der Waals surface area contributed by atoms with Crippen LogP contribution in [0.3, 0.4) is 0 Å². The Morgan fingerprint density at radius 3 is 2.06 bits per heavy atom. The average Bonchev–Trinajstić information content (AvgIpc) is 2.21. The smallest absolute Gasteiger partial charge is 0.375 e. The van der Waals surface area contributed by atoms with E-state index in [2.05, 4.69) is 0 Å². The van der Waals surface area contributed by atoms with Crippen molar-refractivity contribution in [1.82, 2.24) is 0 Å². The molecule has 0 unspecified atom stereocenters. The van der Waals surface area contributed by atoms with Crippen LogP contribution in [0.25, 0.3) is 0 Å². The largest absolute Gasteiger partial charge is 0.457 e. The van der Waals surface area contributed by atoms with E-state index in [1.807, 2.05) is 32.9 Å². The maximum atomic E-state index is 11.8. The summed E-state index contributed by atoms with van der Waals surface area (Å²) in [6, 6.07) is 4.03. The van der Waals surface area contributed by atoms with Gasteiger partial charge in [0.15, 0.2) is 0 Å². The number of ketones is 1. The highest BCUT2D eigenvalue weighted by Gasteiger charge is 2.19. The van der Waals surface area contributed by atoms with Gasteiger partial charge >= 0.3 is 5.97 Å². The van der Waals surface area contributed by atoms with Crippen LogP contribution >= 0.6 is 0 Å². The number of rotatable bonds is 4. The Balaban J connectivity index is 2.86. The van der Waals surface area contributed by atoms with Gasteiger partial charge in [0.25, 0.3) is 0 Å². The maximum Gasteiger partial charge on any atom is 0.375 e. The third-order valence-electron chi connectivity index (χ3n) is 2.75. The van der Waals surface area contributed by atoms with Gasteiger partial charge in [-0.15, -0.1) is 0 Å². The molecule has 0 saturated heterocycles. The predicted molar refractivity (Wildman–Crippen MR) is 70.6 cm³/mol. The summed E-state index contributed by atoms with van der Waals surface area (Å²) in [5.74, 6) is -1.23. The van der Waals surface area contributed by atoms with E-state index in [0.29, 0.717) is 0 Å². The molecule has 0 atom stereocenters. The van der Waals surface area contributed by atoms with Crippen molar-refractivity contribution >= 4 is 11.8 Å². The molecule has 0 radical (unpaired) electrons. The van der Waals surface area contributed by atoms with Crippen LogP contribution in [-0.2, 0) is 20.7 Å². The minimum Gasteiger partial charge on any atom is -0.457 e. The Hall–Kier alpha value is -1.64. The zero-order valence-corrected chi connectivity index (χ0v) is 11.7. The Kier molecular flexibility index (Phi) is 4.65. The van der Waals surface area contributed by atoms with Crippen LogP contribution in [0.5, 0.6) is 0 Å². The zero-order chi connectivity index (χ0) is 13.9. The fourth-order valence-corrected chi connectivity index (χ4v) is 2.00. The first kappa shape index (κ1) is 14.4. The van der Waals surface area contributed by atoms with Crippen molar-refractivity contribution in [3.63, 3.8) is 0 Å². The molecule has 1 aromatic rings. The SMILES string of the molecule is Cc1cc(C)c(CC(=O)C(=O)OC(C)C)c(C)c1. The van der Waals surface area contributed by atoms with Gasteiger partial charge < -0.3 is 4.74 Å². The van der Waals surface area contributed by atoms with E-state index in [-0.39, 0.29) is 12.5 Å². The van der Waals surface area contributed by atoms with Crippen molar-refractivity contribution in [2.45, 2.75) is 47.1 Å². The third-order valence-corrected chi connectivity index (χ3v) is 2.75. The average molecular weight is 248 g/mol. The van der Waals surface area contributed by atoms with Gasteiger partial charge in [0, 0.05) is 6.42 Å². The molecular weight excluding hydrogens is 228 g/mol. The summed E-state index contributed by atoms with van der Waals surface area (Å²) >= 11 is 0. The molecule has 98 valence electrons. The lowest BCUT2D eigenvalue weighted by molar-refractivity contribution is -0.156. The monoisotopic (exact) mass is 248 g/mol. The Labute approximate surface area is 108 Å². The molecule has 0 aliphatic carbocycles. The van der Waals surface area contributed by atoms with E-state index in [0.717, 1.165) is 22.3 Å². The maximum absolute atomic E-state index is 11.8. The number of esters is 1. The number of carbonyl (C=O) groups excluding carboxylic acids is 2. The zero-order valence-electron chi connectivity index (χ0n) is 11.7. The molecule has 1 aromatic carbocycles. The van der Waals surface area contributed by atoms with Crippen LogP contribution in [0, 0.1) is 20.8 Å². The number of Topliss-reactive ketones (excluding diaryl/α,β-unsaturated/α-hetero) is 1. The standard InChI is InChI=1S/C15H20O3/c1-9(2)18-15(17)14(16)8-13-11(4)6-10(3)7-12(13)5/h6-7,9H,8H2,1-5H3. The summed E-state index contributed by atoms with van der Waals surface area (Å²) in [6.07, 6.45) is -0.148. The summed E-state index contributed by atoms with van der Waals surface area (Å²) in [5.41, 5.74) is 4.16. The van der Waals surface area contributed by atoms with Gasteiger partial charge in [-0.2, -0.15) is 0 Å². The second-order valence-electron chi connectivity index (χ2n) is 4.93. The lowest BCUT2D eigenvalue weighted by Crippen LogP contribution is -2.23. The Morgan fingerprint density at radius 1 is 1.11 bits per heavy atom. The first-order valence-corrected chi connectivity index (χ1v) is 6.11. The lowest BCUT2D eigenvalue weighted by atomic mass is 9.96. The molecule has 0 amide bonds. The van der Waals surface area contributed by atoms with Crippen molar-refractivity contribution in [2.75, 3.05) is 0 Å². The number of hydrogen-bond acceptors (Lipinski definition) is 3. The highest BCUT2D eigenvalue weighted by molar-refractivity contribution is 6.34. The first-order chi connectivity index (χ1) is 8.31. The summed E-state index contributed by atoms with van der Waals surface area (Å²) < 4.78 is 4.90. The number of carbonyl (C=O) groups is 2. The third kappa shape index (κ3) is 3.69. The second kappa shape index (κ2) is 5.80. The van der Waals surface area contributed by atoms with E-state index in [1.165, 1.54) is 0 Å². The molecule has 0 bridgehead atoms. The fourth-order valence-electron chi connectivity index (χ4n) is 2.00. The first-order valence-electron chi connectivity index (χ1n) is 6.11. The number of benzene rings is 1. The normalized spacial score (nSPS) is 10.6. The van der Waals surface area contributed by atoms with E-state index in [4.69, 9.17) is 4.74 Å². The van der Waals surface area contributed by atoms with Gasteiger partial charge in [0.05, 0.1) is 6.10 Å². The Bertz CT molecular complexity index is 450. The summed E-state index contributed by atoms with van der Waals surface area (Å²) in [7, 11) is 0. The molecular formula is C15H20O3. The van der Waals surface area contributed by atoms with E-state index >= 15 is 0 Å². The molecule has 0 N–H and O–H groups in total. The Morgan fingerprint density at radius 2 is 1.61 bits per heavy atom. The molecule has 0 fully saturated rings. The fraction of sp³-hybridized carbons (Fsp3) is 0.467. The van der Waals surface area contributed by atoms with Crippen molar-refractivity contribution in [3.8, 4) is 0 Å². The molecule has 3 nitrogen and oxygen atoms in total. The molecule has 1 rings (SSSR count). The van der Waals surface area contributed by atoms with Crippen molar-refractivity contribution in [2.24, 2.45) is 0 Å². The topological polar surface area (TPSA) is 43.4 Å². The highest BCUT2D eigenvalue weighted by Crippen LogP contribution is 2.17. The number of hydrogen-bond donors (Lipinski definition) is 0. The lowest BCUT2D eigenvalue weighted by Gasteiger charge is -2.11. The molecule has 0 spiro atoms. The molecule has 18 heavy (non-hydrogen) atoms. The van der Waals surface area contributed by atoms with Crippen LogP contribution in [0.1, 0.15) is 36.1 Å². The molecule has 0 heterocycles. The minimum atomic E-state index is -0.746. The molecule has 0 aliphatic rings. The van der Waals surface area contributed by atoms with Crippen molar-refractivity contribution in [1.29, 1.82) is 0 Å². The minimum absolute atomic E-state index is 0.115. The summed E-state index contributed by atoms with van der Waals surface area (Å²) in [6.45, 7) is 9.38. The van der Waals surface area contributed by atoms with Gasteiger partial charge in [-0.25, -0.2) is 4.79 Å².